The standard InChI is InChI=1S/C24H21NO/c26-24(25-17-9-15-21-14-7-8-16-23(21)25)22(20-12-5-2-6-13-20)18-19-10-3-1-4-11-19/h1-8,10-14,16,18H,9,15,17H2/b22-18+. The van der Waals surface area contributed by atoms with Crippen molar-refractivity contribution < 1.29 is 4.79 Å². The maximum absolute atomic E-state index is 13.5. The van der Waals surface area contributed by atoms with E-state index in [1.807, 2.05) is 83.8 Å². The van der Waals surface area contributed by atoms with Crippen LogP contribution in [0.3, 0.4) is 0 Å². The predicted molar refractivity (Wildman–Crippen MR) is 108 cm³/mol. The maximum Gasteiger partial charge on any atom is 0.258 e. The van der Waals surface area contributed by atoms with E-state index < -0.39 is 0 Å². The number of aryl methyl sites for hydroxylation is 1. The fourth-order valence-corrected chi connectivity index (χ4v) is 3.49. The minimum atomic E-state index is 0.0622. The van der Waals surface area contributed by atoms with E-state index in [0.29, 0.717) is 0 Å². The minimum Gasteiger partial charge on any atom is -0.308 e. The van der Waals surface area contributed by atoms with E-state index in [2.05, 4.69) is 12.1 Å². The van der Waals surface area contributed by atoms with Crippen LogP contribution in [0.4, 0.5) is 5.69 Å². The van der Waals surface area contributed by atoms with Gasteiger partial charge in [0.2, 0.25) is 0 Å². The summed E-state index contributed by atoms with van der Waals surface area (Å²) in [5, 5.41) is 0. The molecule has 0 fully saturated rings. The Kier molecular flexibility index (Phi) is 4.65. The van der Waals surface area contributed by atoms with E-state index in [0.717, 1.165) is 41.8 Å². The number of amides is 1. The summed E-state index contributed by atoms with van der Waals surface area (Å²) in [7, 11) is 0. The first-order valence-electron chi connectivity index (χ1n) is 9.05. The Balaban J connectivity index is 1.78. The summed E-state index contributed by atoms with van der Waals surface area (Å²) >= 11 is 0. The molecule has 26 heavy (non-hydrogen) atoms. The highest BCUT2D eigenvalue weighted by atomic mass is 16.2. The molecule has 3 aromatic rings. The zero-order valence-corrected chi connectivity index (χ0v) is 14.6. The predicted octanol–water partition coefficient (Wildman–Crippen LogP) is 5.21. The number of nitrogens with zero attached hydrogens (tertiary/aromatic N) is 1. The molecule has 2 heteroatoms. The first-order chi connectivity index (χ1) is 12.8. The van der Waals surface area contributed by atoms with Gasteiger partial charge in [-0.2, -0.15) is 0 Å². The average molecular weight is 339 g/mol. The quantitative estimate of drug-likeness (QED) is 0.474. The Bertz CT molecular complexity index is 929. The molecule has 0 spiro atoms. The Morgan fingerprint density at radius 1 is 0.808 bits per heavy atom. The highest BCUT2D eigenvalue weighted by Gasteiger charge is 2.25. The van der Waals surface area contributed by atoms with Gasteiger partial charge in [0.25, 0.3) is 5.91 Å². The summed E-state index contributed by atoms with van der Waals surface area (Å²) in [4.78, 5) is 15.5. The van der Waals surface area contributed by atoms with Gasteiger partial charge in [0.1, 0.15) is 0 Å². The smallest absolute Gasteiger partial charge is 0.258 e. The molecule has 0 saturated heterocycles. The Hall–Kier alpha value is -3.13. The van der Waals surface area contributed by atoms with Crippen molar-refractivity contribution in [3.8, 4) is 0 Å². The monoisotopic (exact) mass is 339 g/mol. The number of anilines is 1. The van der Waals surface area contributed by atoms with Crippen LogP contribution in [0, 0.1) is 0 Å². The number of fused-ring (bicyclic) bond motifs is 1. The van der Waals surface area contributed by atoms with Crippen LogP contribution in [0.15, 0.2) is 84.9 Å². The molecule has 3 aromatic carbocycles. The van der Waals surface area contributed by atoms with Crippen molar-refractivity contribution in [2.24, 2.45) is 0 Å². The second-order valence-electron chi connectivity index (χ2n) is 6.52. The molecular weight excluding hydrogens is 318 g/mol. The van der Waals surface area contributed by atoms with Crippen molar-refractivity contribution in [3.63, 3.8) is 0 Å². The van der Waals surface area contributed by atoms with Crippen molar-refractivity contribution in [3.05, 3.63) is 102 Å². The molecule has 1 aliphatic rings. The van der Waals surface area contributed by atoms with Crippen molar-refractivity contribution in [1.82, 2.24) is 0 Å². The fraction of sp³-hybridized carbons (Fsp3) is 0.125. The molecule has 1 aliphatic heterocycles. The summed E-state index contributed by atoms with van der Waals surface area (Å²) in [5.74, 6) is 0.0622. The minimum absolute atomic E-state index is 0.0622. The van der Waals surface area contributed by atoms with E-state index in [1.54, 1.807) is 0 Å². The summed E-state index contributed by atoms with van der Waals surface area (Å²) in [5.41, 5.74) is 5.00. The zero-order chi connectivity index (χ0) is 17.8. The van der Waals surface area contributed by atoms with Crippen molar-refractivity contribution in [2.45, 2.75) is 12.8 Å². The lowest BCUT2D eigenvalue weighted by Crippen LogP contribution is -2.36. The van der Waals surface area contributed by atoms with Gasteiger partial charge in [-0.25, -0.2) is 0 Å². The summed E-state index contributed by atoms with van der Waals surface area (Å²) in [6.45, 7) is 0.759. The van der Waals surface area contributed by atoms with E-state index in [4.69, 9.17) is 0 Å². The molecule has 0 N–H and O–H groups in total. The molecule has 0 bridgehead atoms. The lowest BCUT2D eigenvalue weighted by atomic mass is 9.97. The van der Waals surface area contributed by atoms with E-state index in [9.17, 15) is 4.79 Å². The van der Waals surface area contributed by atoms with Gasteiger partial charge >= 0.3 is 0 Å². The Labute approximate surface area is 154 Å². The number of rotatable bonds is 3. The second-order valence-corrected chi connectivity index (χ2v) is 6.52. The first-order valence-corrected chi connectivity index (χ1v) is 9.05. The van der Waals surface area contributed by atoms with Gasteiger partial charge in [0.15, 0.2) is 0 Å². The summed E-state index contributed by atoms with van der Waals surface area (Å²) in [6.07, 6.45) is 4.02. The van der Waals surface area contributed by atoms with Gasteiger partial charge in [-0.15, -0.1) is 0 Å². The lowest BCUT2D eigenvalue weighted by Gasteiger charge is -2.30. The van der Waals surface area contributed by atoms with Gasteiger partial charge < -0.3 is 4.90 Å². The highest BCUT2D eigenvalue weighted by molar-refractivity contribution is 6.30. The van der Waals surface area contributed by atoms with Crippen molar-refractivity contribution >= 4 is 23.2 Å². The molecular formula is C24H21NO. The van der Waals surface area contributed by atoms with Gasteiger partial charge in [-0.3, -0.25) is 4.79 Å². The molecule has 0 radical (unpaired) electrons. The van der Waals surface area contributed by atoms with Crippen molar-refractivity contribution in [1.29, 1.82) is 0 Å². The molecule has 1 heterocycles. The SMILES string of the molecule is O=C(/C(=C/c1ccccc1)c1ccccc1)N1CCCc2ccccc21. The summed E-state index contributed by atoms with van der Waals surface area (Å²) < 4.78 is 0. The number of carbonyl (C=O) groups excluding carboxylic acids is 1. The average Bonchev–Trinajstić information content (AvgIpc) is 2.72. The molecule has 2 nitrogen and oxygen atoms in total. The number of hydrogen-bond donors (Lipinski definition) is 0. The van der Waals surface area contributed by atoms with Gasteiger partial charge in [-0.05, 0) is 41.7 Å². The van der Waals surface area contributed by atoms with Crippen molar-refractivity contribution in [2.75, 3.05) is 11.4 Å². The largest absolute Gasteiger partial charge is 0.308 e. The third-order valence-electron chi connectivity index (χ3n) is 4.78. The van der Waals surface area contributed by atoms with Crippen LogP contribution in [0.5, 0.6) is 0 Å². The van der Waals surface area contributed by atoms with Crippen LogP contribution in [-0.4, -0.2) is 12.5 Å². The Morgan fingerprint density at radius 3 is 2.23 bits per heavy atom. The second kappa shape index (κ2) is 7.40. The molecule has 128 valence electrons. The maximum atomic E-state index is 13.5. The molecule has 1 amide bonds. The molecule has 0 aromatic heterocycles. The zero-order valence-electron chi connectivity index (χ0n) is 14.6. The lowest BCUT2D eigenvalue weighted by molar-refractivity contribution is -0.113. The van der Waals surface area contributed by atoms with E-state index >= 15 is 0 Å². The van der Waals surface area contributed by atoms with Gasteiger partial charge in [-0.1, -0.05) is 78.9 Å². The van der Waals surface area contributed by atoms with E-state index in [1.165, 1.54) is 5.56 Å². The van der Waals surface area contributed by atoms with Gasteiger partial charge in [0, 0.05) is 17.8 Å². The topological polar surface area (TPSA) is 20.3 Å². The Morgan fingerprint density at radius 2 is 1.46 bits per heavy atom. The number of benzene rings is 3. The number of carbonyl (C=O) groups is 1. The van der Waals surface area contributed by atoms with Crippen LogP contribution < -0.4 is 4.90 Å². The third kappa shape index (κ3) is 3.31. The fourth-order valence-electron chi connectivity index (χ4n) is 3.49. The van der Waals surface area contributed by atoms with Crippen LogP contribution in [0.1, 0.15) is 23.1 Å². The van der Waals surface area contributed by atoms with E-state index in [-0.39, 0.29) is 5.91 Å². The summed E-state index contributed by atoms with van der Waals surface area (Å²) in [6, 6.07) is 28.2. The van der Waals surface area contributed by atoms with Crippen LogP contribution in [-0.2, 0) is 11.2 Å². The van der Waals surface area contributed by atoms with Crippen LogP contribution in [0.25, 0.3) is 11.6 Å². The number of para-hydroxylation sites is 1. The normalized spacial score (nSPS) is 14.0. The van der Waals surface area contributed by atoms with Crippen LogP contribution >= 0.6 is 0 Å². The molecule has 0 saturated carbocycles. The molecule has 0 atom stereocenters. The third-order valence-corrected chi connectivity index (χ3v) is 4.78. The first kappa shape index (κ1) is 16.3. The van der Waals surface area contributed by atoms with Gasteiger partial charge in [0.05, 0.1) is 0 Å². The molecule has 4 rings (SSSR count). The number of hydrogen-bond acceptors (Lipinski definition) is 1. The van der Waals surface area contributed by atoms with Crippen LogP contribution in [0.2, 0.25) is 0 Å². The highest BCUT2D eigenvalue weighted by Crippen LogP contribution is 2.30. The molecule has 0 aliphatic carbocycles. The molecule has 0 unspecified atom stereocenters.